The Morgan fingerprint density at radius 1 is 1.03 bits per heavy atom. The monoisotopic (exact) mass is 524 g/mol. The van der Waals surface area contributed by atoms with E-state index in [1.807, 2.05) is 24.5 Å². The van der Waals surface area contributed by atoms with Crippen molar-refractivity contribution in [3.8, 4) is 11.4 Å². The molecule has 39 heavy (non-hydrogen) atoms. The number of oxazole rings is 1. The van der Waals surface area contributed by atoms with Crippen LogP contribution in [0.4, 0.5) is 22.0 Å². The quantitative estimate of drug-likeness (QED) is 0.254. The highest BCUT2D eigenvalue weighted by Gasteiger charge is 2.34. The zero-order chi connectivity index (χ0) is 26.6. The molecule has 5 heterocycles. The van der Waals surface area contributed by atoms with E-state index in [1.54, 1.807) is 12.3 Å². The summed E-state index contributed by atoms with van der Waals surface area (Å²) in [5.74, 6) is 2.08. The topological polar surface area (TPSA) is 114 Å². The molecule has 1 saturated carbocycles. The van der Waals surface area contributed by atoms with Gasteiger partial charge in [0.1, 0.15) is 23.0 Å². The van der Waals surface area contributed by atoms with Crippen LogP contribution in [-0.4, -0.2) is 44.1 Å². The molecule has 10 heteroatoms. The van der Waals surface area contributed by atoms with Gasteiger partial charge in [0.05, 0.1) is 11.7 Å². The van der Waals surface area contributed by atoms with E-state index in [9.17, 15) is 4.39 Å². The molecule has 9 nitrogen and oxygen atoms in total. The zero-order valence-electron chi connectivity index (χ0n) is 21.8. The molecular formula is C29H29FN8O. The van der Waals surface area contributed by atoms with Gasteiger partial charge >= 0.3 is 6.01 Å². The summed E-state index contributed by atoms with van der Waals surface area (Å²) in [6.07, 6.45) is 8.83. The molecule has 0 radical (unpaired) electrons. The Hall–Kier alpha value is -4.18. The van der Waals surface area contributed by atoms with Gasteiger partial charge < -0.3 is 15.1 Å². The van der Waals surface area contributed by atoms with E-state index in [2.05, 4.69) is 44.7 Å². The van der Waals surface area contributed by atoms with Gasteiger partial charge in [-0.2, -0.15) is 4.98 Å². The first kappa shape index (κ1) is 23.9. The summed E-state index contributed by atoms with van der Waals surface area (Å²) in [5.41, 5.74) is 3.83. The van der Waals surface area contributed by atoms with Crippen molar-refractivity contribution < 1.29 is 8.81 Å². The number of rotatable bonds is 6. The van der Waals surface area contributed by atoms with Crippen molar-refractivity contribution in [2.45, 2.75) is 45.1 Å². The second kappa shape index (κ2) is 9.23. The molecule has 5 aromatic rings. The van der Waals surface area contributed by atoms with E-state index in [4.69, 9.17) is 14.4 Å². The van der Waals surface area contributed by atoms with Crippen molar-refractivity contribution in [3.05, 3.63) is 60.3 Å². The molecule has 7 rings (SSSR count). The van der Waals surface area contributed by atoms with Crippen LogP contribution >= 0.6 is 0 Å². The first-order valence-electron chi connectivity index (χ1n) is 13.4. The molecule has 0 amide bonds. The van der Waals surface area contributed by atoms with Crippen LogP contribution in [0, 0.1) is 11.2 Å². The van der Waals surface area contributed by atoms with Crippen molar-refractivity contribution in [1.82, 2.24) is 30.2 Å². The van der Waals surface area contributed by atoms with Gasteiger partial charge in [-0.1, -0.05) is 13.8 Å². The number of piperidine rings is 1. The number of benzene rings is 1. The number of aromatic nitrogens is 5. The van der Waals surface area contributed by atoms with E-state index in [-0.39, 0.29) is 23.3 Å². The molecule has 2 fully saturated rings. The Morgan fingerprint density at radius 3 is 2.77 bits per heavy atom. The first-order chi connectivity index (χ1) is 18.9. The second-order valence-corrected chi connectivity index (χ2v) is 11.1. The maximum absolute atomic E-state index is 13.6. The molecule has 4 aromatic heterocycles. The molecule has 0 spiro atoms. The molecule has 198 valence electrons. The summed E-state index contributed by atoms with van der Waals surface area (Å²) in [5, 5.41) is 11.5. The van der Waals surface area contributed by atoms with Gasteiger partial charge in [-0.25, -0.2) is 19.3 Å². The van der Waals surface area contributed by atoms with Gasteiger partial charge in [0.15, 0.2) is 11.4 Å². The normalized spacial score (nSPS) is 18.9. The van der Waals surface area contributed by atoms with Gasteiger partial charge in [0.25, 0.3) is 0 Å². The summed E-state index contributed by atoms with van der Waals surface area (Å²) < 4.78 is 19.2. The SMILES string of the molecule is CC1(C)CNCCC1Nc1nc(-c2ccnc(Nc3nc4ccc(F)cc4o3)c2)nc2cncc(C3CC3)c12. The lowest BCUT2D eigenvalue weighted by atomic mass is 9.80. The highest BCUT2D eigenvalue weighted by Crippen LogP contribution is 2.44. The van der Waals surface area contributed by atoms with Crippen LogP contribution < -0.4 is 16.0 Å². The number of halogens is 1. The molecule has 1 atom stereocenters. The molecule has 1 unspecified atom stereocenters. The number of anilines is 3. The number of hydrogen-bond donors (Lipinski definition) is 3. The van der Waals surface area contributed by atoms with Gasteiger partial charge in [-0.05, 0) is 67.0 Å². The van der Waals surface area contributed by atoms with E-state index in [0.29, 0.717) is 28.7 Å². The Morgan fingerprint density at radius 2 is 1.92 bits per heavy atom. The second-order valence-electron chi connectivity index (χ2n) is 11.1. The number of fused-ring (bicyclic) bond motifs is 2. The largest absolute Gasteiger partial charge is 0.423 e. The van der Waals surface area contributed by atoms with Crippen LogP contribution in [0.25, 0.3) is 33.4 Å². The van der Waals surface area contributed by atoms with Crippen LogP contribution in [0.2, 0.25) is 0 Å². The molecule has 1 aliphatic carbocycles. The third-order valence-electron chi connectivity index (χ3n) is 7.70. The third-order valence-corrected chi connectivity index (χ3v) is 7.70. The Balaban J connectivity index is 1.27. The van der Waals surface area contributed by atoms with Crippen molar-refractivity contribution >= 4 is 39.7 Å². The van der Waals surface area contributed by atoms with Crippen LogP contribution in [0.3, 0.4) is 0 Å². The minimum atomic E-state index is -0.379. The third kappa shape index (κ3) is 4.65. The van der Waals surface area contributed by atoms with E-state index in [1.165, 1.54) is 30.5 Å². The fraction of sp³-hybridized carbons (Fsp3) is 0.345. The first-order valence-corrected chi connectivity index (χ1v) is 13.4. The lowest BCUT2D eigenvalue weighted by molar-refractivity contribution is 0.236. The van der Waals surface area contributed by atoms with E-state index in [0.717, 1.165) is 41.8 Å². The minimum Gasteiger partial charge on any atom is -0.423 e. The van der Waals surface area contributed by atoms with Crippen LogP contribution in [-0.2, 0) is 0 Å². The molecule has 0 bridgehead atoms. The summed E-state index contributed by atoms with van der Waals surface area (Å²) in [6, 6.07) is 8.47. The molecule has 1 saturated heterocycles. The number of pyridine rings is 2. The predicted molar refractivity (Wildman–Crippen MR) is 148 cm³/mol. The summed E-state index contributed by atoms with van der Waals surface area (Å²) in [7, 11) is 0. The Kier molecular flexibility index (Phi) is 5.66. The zero-order valence-corrected chi connectivity index (χ0v) is 21.8. The van der Waals surface area contributed by atoms with Crippen molar-refractivity contribution in [1.29, 1.82) is 0 Å². The number of nitrogens with zero attached hydrogens (tertiary/aromatic N) is 5. The van der Waals surface area contributed by atoms with Gasteiger partial charge in [0.2, 0.25) is 0 Å². The fourth-order valence-electron chi connectivity index (χ4n) is 5.35. The lowest BCUT2D eigenvalue weighted by Gasteiger charge is -2.40. The van der Waals surface area contributed by atoms with Gasteiger partial charge in [-0.3, -0.25) is 10.3 Å². The standard InChI is InChI=1S/C29H29FN8O/c1-29(2)15-31-9-8-23(29)36-27-25-19(16-3-4-16)13-32-14-21(25)34-26(38-27)17-7-10-33-24(11-17)37-28-35-20-6-5-18(30)12-22(20)39-28/h5-7,10-14,16,23,31H,3-4,8-9,15H2,1-2H3,(H,33,35,37)(H,34,36,38). The average Bonchev–Trinajstić information content (AvgIpc) is 3.69. The molecule has 1 aromatic carbocycles. The van der Waals surface area contributed by atoms with E-state index < -0.39 is 0 Å². The van der Waals surface area contributed by atoms with Crippen molar-refractivity contribution in [3.63, 3.8) is 0 Å². The Labute approximate surface area is 224 Å². The van der Waals surface area contributed by atoms with E-state index >= 15 is 0 Å². The lowest BCUT2D eigenvalue weighted by Crippen LogP contribution is -2.49. The maximum atomic E-state index is 13.6. The smallest absolute Gasteiger partial charge is 0.301 e. The van der Waals surface area contributed by atoms with Crippen LogP contribution in [0.1, 0.15) is 44.6 Å². The van der Waals surface area contributed by atoms with Crippen LogP contribution in [0.15, 0.2) is 53.3 Å². The van der Waals surface area contributed by atoms with Gasteiger partial charge in [-0.15, -0.1) is 0 Å². The highest BCUT2D eigenvalue weighted by molar-refractivity contribution is 5.93. The molecule has 3 N–H and O–H groups in total. The van der Waals surface area contributed by atoms with Crippen LogP contribution in [0.5, 0.6) is 0 Å². The highest BCUT2D eigenvalue weighted by atomic mass is 19.1. The van der Waals surface area contributed by atoms with Crippen molar-refractivity contribution in [2.75, 3.05) is 23.7 Å². The molecular weight excluding hydrogens is 495 g/mol. The van der Waals surface area contributed by atoms with Crippen molar-refractivity contribution in [2.24, 2.45) is 5.41 Å². The molecule has 1 aliphatic heterocycles. The summed E-state index contributed by atoms with van der Waals surface area (Å²) in [6.45, 7) is 6.48. The summed E-state index contributed by atoms with van der Waals surface area (Å²) >= 11 is 0. The number of nitrogens with one attached hydrogen (secondary N) is 3. The minimum absolute atomic E-state index is 0.0682. The maximum Gasteiger partial charge on any atom is 0.301 e. The Bertz CT molecular complexity index is 1700. The predicted octanol–water partition coefficient (Wildman–Crippen LogP) is 5.79. The molecule has 2 aliphatic rings. The summed E-state index contributed by atoms with van der Waals surface area (Å²) in [4.78, 5) is 23.3. The average molecular weight is 525 g/mol. The fourth-order valence-corrected chi connectivity index (χ4v) is 5.35. The van der Waals surface area contributed by atoms with Gasteiger partial charge in [0, 0.05) is 42.0 Å². The number of hydrogen-bond acceptors (Lipinski definition) is 9.